The van der Waals surface area contributed by atoms with Gasteiger partial charge in [0.15, 0.2) is 0 Å². The average molecular weight is 273 g/mol. The Morgan fingerprint density at radius 1 is 1.11 bits per heavy atom. The van der Waals surface area contributed by atoms with Crippen molar-refractivity contribution in [3.63, 3.8) is 0 Å². The lowest BCUT2D eigenvalue weighted by molar-refractivity contribution is -0.139. The van der Waals surface area contributed by atoms with Crippen LogP contribution in [0.5, 0.6) is 0 Å². The Bertz CT molecular complexity index is 350. The Morgan fingerprint density at radius 3 is 2.21 bits per heavy atom. The van der Waals surface area contributed by atoms with Gasteiger partial charge in [-0.1, -0.05) is 0 Å². The third kappa shape index (κ3) is 9.63. The van der Waals surface area contributed by atoms with E-state index in [-0.39, 0.29) is 12.7 Å². The molecule has 0 aliphatic heterocycles. The van der Waals surface area contributed by atoms with Crippen LogP contribution < -0.4 is 5.32 Å². The molecule has 0 rings (SSSR count). The fourth-order valence-corrected chi connectivity index (χ4v) is 0.950. The zero-order valence-corrected chi connectivity index (χ0v) is 11.5. The molecule has 1 N–H and O–H groups in total. The quantitative estimate of drug-likeness (QED) is 0.437. The van der Waals surface area contributed by atoms with Crippen LogP contribution in [0.15, 0.2) is 12.2 Å². The maximum atomic E-state index is 11.2. The van der Waals surface area contributed by atoms with Crippen molar-refractivity contribution in [1.82, 2.24) is 5.32 Å². The Kier molecular flexibility index (Phi) is 7.99. The predicted octanol–water partition coefficient (Wildman–Crippen LogP) is 0.782. The van der Waals surface area contributed by atoms with Crippen molar-refractivity contribution < 1.29 is 28.6 Å². The number of rotatable bonds is 6. The van der Waals surface area contributed by atoms with E-state index in [0.717, 1.165) is 12.2 Å². The summed E-state index contributed by atoms with van der Waals surface area (Å²) in [6, 6.07) is -0.401. The molecule has 7 heteroatoms. The van der Waals surface area contributed by atoms with E-state index < -0.39 is 24.1 Å². The maximum Gasteiger partial charge on any atom is 0.407 e. The van der Waals surface area contributed by atoms with E-state index in [2.05, 4.69) is 10.1 Å². The first-order valence-corrected chi connectivity index (χ1v) is 5.75. The molecule has 1 atom stereocenters. The molecule has 0 aromatic rings. The standard InChI is InChI=1S/C12H19NO6/c1-8(2)19-12(16)13-9(3)7-18-11(15)6-5-10(14)17-4/h5-6,8-9H,7H2,1-4H3,(H,13,16)/b6-5+/t9-/m1/s1. The van der Waals surface area contributed by atoms with Crippen LogP contribution in [0.25, 0.3) is 0 Å². The van der Waals surface area contributed by atoms with Crippen molar-refractivity contribution in [2.45, 2.75) is 32.9 Å². The third-order valence-electron chi connectivity index (χ3n) is 1.74. The fraction of sp³-hybridized carbons (Fsp3) is 0.583. The van der Waals surface area contributed by atoms with Crippen molar-refractivity contribution in [1.29, 1.82) is 0 Å². The second-order valence-corrected chi connectivity index (χ2v) is 3.99. The van der Waals surface area contributed by atoms with E-state index in [9.17, 15) is 14.4 Å². The lowest BCUT2D eigenvalue weighted by Crippen LogP contribution is -2.37. The van der Waals surface area contributed by atoms with Gasteiger partial charge in [-0.05, 0) is 20.8 Å². The molecule has 0 aromatic carbocycles. The molecule has 0 bridgehead atoms. The van der Waals surface area contributed by atoms with Gasteiger partial charge in [0.05, 0.1) is 19.3 Å². The van der Waals surface area contributed by atoms with Gasteiger partial charge >= 0.3 is 18.0 Å². The molecule has 0 spiro atoms. The summed E-state index contributed by atoms with van der Waals surface area (Å²) in [4.78, 5) is 33.1. The van der Waals surface area contributed by atoms with E-state index in [4.69, 9.17) is 9.47 Å². The molecule has 1 amide bonds. The van der Waals surface area contributed by atoms with Gasteiger partial charge in [-0.2, -0.15) is 0 Å². The summed E-state index contributed by atoms with van der Waals surface area (Å²) in [5.74, 6) is -1.35. The highest BCUT2D eigenvalue weighted by atomic mass is 16.6. The van der Waals surface area contributed by atoms with E-state index in [1.807, 2.05) is 0 Å². The van der Waals surface area contributed by atoms with Crippen molar-refractivity contribution in [2.75, 3.05) is 13.7 Å². The average Bonchev–Trinajstić information content (AvgIpc) is 2.32. The maximum absolute atomic E-state index is 11.2. The van der Waals surface area contributed by atoms with Crippen LogP contribution in [0.2, 0.25) is 0 Å². The van der Waals surface area contributed by atoms with E-state index >= 15 is 0 Å². The second-order valence-electron chi connectivity index (χ2n) is 3.99. The molecular weight excluding hydrogens is 254 g/mol. The van der Waals surface area contributed by atoms with Gasteiger partial charge < -0.3 is 19.5 Å². The molecule has 0 radical (unpaired) electrons. The summed E-state index contributed by atoms with van der Waals surface area (Å²) in [6.07, 6.45) is 1.10. The van der Waals surface area contributed by atoms with Crippen LogP contribution in [-0.4, -0.2) is 43.9 Å². The Morgan fingerprint density at radius 2 is 1.68 bits per heavy atom. The molecule has 0 heterocycles. The van der Waals surface area contributed by atoms with Crippen molar-refractivity contribution in [3.8, 4) is 0 Å². The topological polar surface area (TPSA) is 90.9 Å². The number of carbonyl (C=O) groups is 3. The summed E-state index contributed by atoms with van der Waals surface area (Å²) in [5, 5.41) is 2.49. The molecule has 0 saturated carbocycles. The first-order valence-electron chi connectivity index (χ1n) is 5.75. The molecule has 0 saturated heterocycles. The largest absolute Gasteiger partial charge is 0.466 e. The van der Waals surface area contributed by atoms with E-state index in [1.165, 1.54) is 7.11 Å². The zero-order valence-electron chi connectivity index (χ0n) is 11.5. The first kappa shape index (κ1) is 16.9. The highest BCUT2D eigenvalue weighted by molar-refractivity contribution is 5.91. The number of esters is 2. The number of hydrogen-bond acceptors (Lipinski definition) is 6. The van der Waals surface area contributed by atoms with Crippen molar-refractivity contribution in [3.05, 3.63) is 12.2 Å². The summed E-state index contributed by atoms with van der Waals surface area (Å²) in [5.41, 5.74) is 0. The van der Waals surface area contributed by atoms with Crippen LogP contribution in [0.1, 0.15) is 20.8 Å². The molecule has 0 unspecified atom stereocenters. The summed E-state index contributed by atoms with van der Waals surface area (Å²) >= 11 is 0. The van der Waals surface area contributed by atoms with Crippen LogP contribution in [0, 0.1) is 0 Å². The number of hydrogen-bond donors (Lipinski definition) is 1. The predicted molar refractivity (Wildman–Crippen MR) is 66.3 cm³/mol. The lowest BCUT2D eigenvalue weighted by Gasteiger charge is -2.15. The fourth-order valence-electron chi connectivity index (χ4n) is 0.950. The minimum atomic E-state index is -0.698. The molecule has 0 aliphatic rings. The van der Waals surface area contributed by atoms with Gasteiger partial charge in [0.1, 0.15) is 6.61 Å². The highest BCUT2D eigenvalue weighted by Gasteiger charge is 2.11. The Balaban J connectivity index is 3.93. The summed E-state index contributed by atoms with van der Waals surface area (Å²) < 4.78 is 14.0. The highest BCUT2D eigenvalue weighted by Crippen LogP contribution is 1.92. The SMILES string of the molecule is COC(=O)/C=C/C(=O)OC[C@@H](C)NC(=O)OC(C)C. The van der Waals surface area contributed by atoms with E-state index in [1.54, 1.807) is 20.8 Å². The Hall–Kier alpha value is -2.05. The number of nitrogens with one attached hydrogen (secondary N) is 1. The van der Waals surface area contributed by atoms with Crippen molar-refractivity contribution in [2.24, 2.45) is 0 Å². The number of methoxy groups -OCH3 is 1. The monoisotopic (exact) mass is 273 g/mol. The minimum Gasteiger partial charge on any atom is -0.466 e. The van der Waals surface area contributed by atoms with Crippen LogP contribution in [-0.2, 0) is 23.8 Å². The minimum absolute atomic E-state index is 0.0302. The molecule has 0 aliphatic carbocycles. The Labute approximate surface area is 111 Å². The van der Waals surface area contributed by atoms with Gasteiger partial charge in [-0.15, -0.1) is 0 Å². The smallest absolute Gasteiger partial charge is 0.407 e. The second kappa shape index (κ2) is 8.96. The molecular formula is C12H19NO6. The summed E-state index contributed by atoms with van der Waals surface area (Å²) in [6.45, 7) is 5.07. The molecule has 19 heavy (non-hydrogen) atoms. The van der Waals surface area contributed by atoms with Gasteiger partial charge in [0, 0.05) is 12.2 Å². The number of amides is 1. The van der Waals surface area contributed by atoms with E-state index in [0.29, 0.717) is 0 Å². The molecule has 0 fully saturated rings. The molecule has 0 aromatic heterocycles. The zero-order chi connectivity index (χ0) is 14.8. The third-order valence-corrected chi connectivity index (χ3v) is 1.74. The summed E-state index contributed by atoms with van der Waals surface area (Å²) in [7, 11) is 1.20. The van der Waals surface area contributed by atoms with Crippen LogP contribution in [0.3, 0.4) is 0 Å². The van der Waals surface area contributed by atoms with Gasteiger partial charge in [0.25, 0.3) is 0 Å². The first-order chi connectivity index (χ1) is 8.85. The van der Waals surface area contributed by atoms with Crippen LogP contribution >= 0.6 is 0 Å². The number of alkyl carbamates (subject to hydrolysis) is 1. The number of carbonyl (C=O) groups excluding carboxylic acids is 3. The van der Waals surface area contributed by atoms with Gasteiger partial charge in [-0.25, -0.2) is 14.4 Å². The van der Waals surface area contributed by atoms with Gasteiger partial charge in [-0.3, -0.25) is 0 Å². The van der Waals surface area contributed by atoms with Gasteiger partial charge in [0.2, 0.25) is 0 Å². The lowest BCUT2D eigenvalue weighted by atomic mass is 10.4. The van der Waals surface area contributed by atoms with Crippen LogP contribution in [0.4, 0.5) is 4.79 Å². The van der Waals surface area contributed by atoms with Crippen molar-refractivity contribution >= 4 is 18.0 Å². The number of ether oxygens (including phenoxy) is 3. The normalized spacial score (nSPS) is 12.1. The molecule has 7 nitrogen and oxygen atoms in total. The molecule has 108 valence electrons.